The highest BCUT2D eigenvalue weighted by Crippen LogP contribution is 2.30. The Hall–Kier alpha value is -4.28. The highest BCUT2D eigenvalue weighted by atomic mass is 19.1. The lowest BCUT2D eigenvalue weighted by atomic mass is 9.98. The molecule has 37 heavy (non-hydrogen) atoms. The molecule has 11 heteroatoms. The third-order valence-corrected chi connectivity index (χ3v) is 6.98. The van der Waals surface area contributed by atoms with Gasteiger partial charge >= 0.3 is 0 Å². The number of aryl methyl sites for hydroxylation is 1. The first-order valence-electron chi connectivity index (χ1n) is 12.3. The molecular weight excluding hydrogens is 473 g/mol. The van der Waals surface area contributed by atoms with E-state index in [-0.39, 0.29) is 19.0 Å². The average molecular weight is 502 g/mol. The van der Waals surface area contributed by atoms with E-state index in [2.05, 4.69) is 35.4 Å². The summed E-state index contributed by atoms with van der Waals surface area (Å²) in [7, 11) is 1.89. The van der Waals surface area contributed by atoms with Crippen LogP contribution >= 0.6 is 0 Å². The summed E-state index contributed by atoms with van der Waals surface area (Å²) in [5.41, 5.74) is 4.42. The van der Waals surface area contributed by atoms with Crippen LogP contribution in [-0.4, -0.2) is 65.8 Å². The lowest BCUT2D eigenvalue weighted by Gasteiger charge is -2.42. The molecule has 1 aromatic carbocycles. The molecule has 0 atom stereocenters. The Morgan fingerprint density at radius 3 is 2.62 bits per heavy atom. The van der Waals surface area contributed by atoms with Crippen molar-refractivity contribution in [3.05, 3.63) is 65.5 Å². The first-order valence-corrected chi connectivity index (χ1v) is 12.3. The fourth-order valence-corrected chi connectivity index (χ4v) is 5.03. The summed E-state index contributed by atoms with van der Waals surface area (Å²) < 4.78 is 15.9. The standard InChI is InChI=1S/C26H28FN9O/c1-16-30-24(32-20-6-4-17(5-7-20)19-11-28-29-12-19)33-25(31-16)35-9-8-18-10-21(34(3)22(18)13-35)23(37)36-14-26(2,27)15-36/h4-7,10-12H,8-9,13-15H2,1-3H3,(H,28,29)(H,30,31,32,33). The number of benzene rings is 1. The lowest BCUT2D eigenvalue weighted by molar-refractivity contribution is -0.00847. The van der Waals surface area contributed by atoms with E-state index in [0.29, 0.717) is 30.0 Å². The number of amides is 1. The van der Waals surface area contributed by atoms with E-state index in [1.807, 2.05) is 55.1 Å². The Morgan fingerprint density at radius 1 is 1.14 bits per heavy atom. The number of halogens is 1. The van der Waals surface area contributed by atoms with Gasteiger partial charge in [-0.2, -0.15) is 20.1 Å². The molecule has 1 amide bonds. The number of hydrogen-bond acceptors (Lipinski definition) is 7. The molecule has 0 radical (unpaired) electrons. The number of fused-ring (bicyclic) bond motifs is 1. The summed E-state index contributed by atoms with van der Waals surface area (Å²) in [4.78, 5) is 30.3. The maximum absolute atomic E-state index is 13.9. The van der Waals surface area contributed by atoms with E-state index in [0.717, 1.165) is 41.0 Å². The third-order valence-electron chi connectivity index (χ3n) is 6.98. The molecule has 4 aromatic rings. The molecule has 3 aromatic heterocycles. The van der Waals surface area contributed by atoms with Crippen molar-refractivity contribution in [3.8, 4) is 11.1 Å². The maximum atomic E-state index is 13.9. The molecule has 190 valence electrons. The van der Waals surface area contributed by atoms with Gasteiger partial charge in [0.1, 0.15) is 17.2 Å². The largest absolute Gasteiger partial charge is 0.342 e. The lowest BCUT2D eigenvalue weighted by Crippen LogP contribution is -2.59. The Balaban J connectivity index is 1.19. The number of carbonyl (C=O) groups excluding carboxylic acids is 1. The van der Waals surface area contributed by atoms with E-state index in [9.17, 15) is 9.18 Å². The van der Waals surface area contributed by atoms with Gasteiger partial charge in [0.2, 0.25) is 11.9 Å². The molecule has 0 bridgehead atoms. The zero-order valence-electron chi connectivity index (χ0n) is 21.0. The van der Waals surface area contributed by atoms with Gasteiger partial charge in [0.25, 0.3) is 5.91 Å². The number of aromatic nitrogens is 6. The van der Waals surface area contributed by atoms with Crippen LogP contribution in [0.15, 0.2) is 42.7 Å². The summed E-state index contributed by atoms with van der Waals surface area (Å²) in [5, 5.41) is 10.1. The number of H-pyrrole nitrogens is 1. The summed E-state index contributed by atoms with van der Waals surface area (Å²) in [6, 6.07) is 9.91. The molecule has 5 heterocycles. The quantitative estimate of drug-likeness (QED) is 0.432. The van der Waals surface area contributed by atoms with Crippen molar-refractivity contribution < 1.29 is 9.18 Å². The fraction of sp³-hybridized carbons (Fsp3) is 0.346. The Kier molecular flexibility index (Phi) is 5.43. The van der Waals surface area contributed by atoms with Crippen LogP contribution in [0.5, 0.6) is 0 Å². The zero-order valence-corrected chi connectivity index (χ0v) is 21.0. The first-order chi connectivity index (χ1) is 17.8. The van der Waals surface area contributed by atoms with Crippen LogP contribution in [0.1, 0.15) is 34.5 Å². The topological polar surface area (TPSA) is 108 Å². The van der Waals surface area contributed by atoms with E-state index in [1.54, 1.807) is 11.1 Å². The minimum Gasteiger partial charge on any atom is -0.342 e. The SMILES string of the molecule is Cc1nc(Nc2ccc(-c3cn[nH]c3)cc2)nc(N2CCc3cc(C(=O)N4CC(C)(F)C4)n(C)c3C2)n1. The predicted octanol–water partition coefficient (Wildman–Crippen LogP) is 3.40. The first kappa shape index (κ1) is 23.1. The van der Waals surface area contributed by atoms with Gasteiger partial charge in [-0.15, -0.1) is 0 Å². The molecule has 2 aliphatic heterocycles. The van der Waals surface area contributed by atoms with Crippen LogP contribution in [0.25, 0.3) is 11.1 Å². The smallest absolute Gasteiger partial charge is 0.270 e. The van der Waals surface area contributed by atoms with Gasteiger partial charge in [0.05, 0.1) is 25.8 Å². The molecule has 2 N–H and O–H groups in total. The summed E-state index contributed by atoms with van der Waals surface area (Å²) in [6.07, 6.45) is 4.40. The number of anilines is 3. The van der Waals surface area contributed by atoms with E-state index >= 15 is 0 Å². The van der Waals surface area contributed by atoms with Gasteiger partial charge in [0, 0.05) is 36.7 Å². The van der Waals surface area contributed by atoms with Gasteiger partial charge in [-0.25, -0.2) is 4.39 Å². The average Bonchev–Trinajstić information content (AvgIpc) is 3.51. The number of alkyl halides is 1. The predicted molar refractivity (Wildman–Crippen MR) is 137 cm³/mol. The molecular formula is C26H28FN9O. The van der Waals surface area contributed by atoms with Crippen LogP contribution in [-0.2, 0) is 20.0 Å². The van der Waals surface area contributed by atoms with Crippen LogP contribution in [0.4, 0.5) is 22.0 Å². The molecule has 0 saturated carbocycles. The molecule has 10 nitrogen and oxygen atoms in total. The summed E-state index contributed by atoms with van der Waals surface area (Å²) in [6.45, 7) is 4.94. The zero-order chi connectivity index (χ0) is 25.7. The highest BCUT2D eigenvalue weighted by molar-refractivity contribution is 5.94. The number of nitrogens with zero attached hydrogens (tertiary/aromatic N) is 7. The van der Waals surface area contributed by atoms with Crippen molar-refractivity contribution in [2.75, 3.05) is 29.9 Å². The molecule has 0 unspecified atom stereocenters. The number of likely N-dealkylation sites (tertiary alicyclic amines) is 1. The number of rotatable bonds is 5. The molecule has 0 aliphatic carbocycles. The minimum absolute atomic E-state index is 0.125. The van der Waals surface area contributed by atoms with Crippen molar-refractivity contribution in [2.45, 2.75) is 32.5 Å². The van der Waals surface area contributed by atoms with Crippen LogP contribution in [0, 0.1) is 6.92 Å². The maximum Gasteiger partial charge on any atom is 0.270 e. The van der Waals surface area contributed by atoms with Crippen molar-refractivity contribution in [2.24, 2.45) is 7.05 Å². The monoisotopic (exact) mass is 501 g/mol. The summed E-state index contributed by atoms with van der Waals surface area (Å²) >= 11 is 0. The molecule has 1 saturated heterocycles. The van der Waals surface area contributed by atoms with Crippen molar-refractivity contribution >= 4 is 23.5 Å². The van der Waals surface area contributed by atoms with Gasteiger partial charge in [-0.3, -0.25) is 9.89 Å². The molecule has 6 rings (SSSR count). The Bertz CT molecular complexity index is 1450. The number of hydrogen-bond donors (Lipinski definition) is 2. The fourth-order valence-electron chi connectivity index (χ4n) is 5.03. The molecule has 1 fully saturated rings. The van der Waals surface area contributed by atoms with Crippen LogP contribution in [0.3, 0.4) is 0 Å². The minimum atomic E-state index is -1.29. The van der Waals surface area contributed by atoms with Crippen LogP contribution < -0.4 is 10.2 Å². The van der Waals surface area contributed by atoms with E-state index < -0.39 is 5.67 Å². The van der Waals surface area contributed by atoms with Crippen molar-refractivity contribution in [3.63, 3.8) is 0 Å². The third kappa shape index (κ3) is 4.41. The highest BCUT2D eigenvalue weighted by Gasteiger charge is 2.42. The van der Waals surface area contributed by atoms with Gasteiger partial charge in [-0.1, -0.05) is 12.1 Å². The van der Waals surface area contributed by atoms with Crippen molar-refractivity contribution in [1.29, 1.82) is 0 Å². The second-order valence-electron chi connectivity index (χ2n) is 10.0. The van der Waals surface area contributed by atoms with E-state index in [4.69, 9.17) is 0 Å². The normalized spacial score (nSPS) is 16.3. The number of nitrogens with one attached hydrogen (secondary N) is 2. The Morgan fingerprint density at radius 2 is 1.92 bits per heavy atom. The van der Waals surface area contributed by atoms with Gasteiger partial charge < -0.3 is 19.7 Å². The van der Waals surface area contributed by atoms with E-state index in [1.165, 1.54) is 6.92 Å². The number of carbonyl (C=O) groups is 1. The number of aromatic amines is 1. The Labute approximate surface area is 213 Å². The van der Waals surface area contributed by atoms with Gasteiger partial charge in [-0.05, 0) is 49.6 Å². The molecule has 0 spiro atoms. The van der Waals surface area contributed by atoms with Gasteiger partial charge in [0.15, 0.2) is 0 Å². The van der Waals surface area contributed by atoms with Crippen molar-refractivity contribution in [1.82, 2.24) is 34.6 Å². The second kappa shape index (κ2) is 8.68. The molecule has 2 aliphatic rings. The van der Waals surface area contributed by atoms with Crippen LogP contribution in [0.2, 0.25) is 0 Å². The second-order valence-corrected chi connectivity index (χ2v) is 10.0. The summed E-state index contributed by atoms with van der Waals surface area (Å²) in [5.74, 6) is 1.54.